The highest BCUT2D eigenvalue weighted by molar-refractivity contribution is 7.86. The Kier molecular flexibility index (Phi) is 1.38. The zero-order valence-corrected chi connectivity index (χ0v) is 6.79. The Labute approximate surface area is 65.9 Å². The molecule has 0 saturated heterocycles. The first kappa shape index (κ1) is 7.31. The first-order valence-corrected chi connectivity index (χ1v) is 5.22. The van der Waals surface area contributed by atoms with E-state index in [0.29, 0.717) is 12.3 Å². The lowest BCUT2D eigenvalue weighted by molar-refractivity contribution is 0.455. The van der Waals surface area contributed by atoms with Crippen molar-refractivity contribution >= 4 is 10.1 Å². The van der Waals surface area contributed by atoms with Gasteiger partial charge in [0.1, 0.15) is 0 Å². The molecule has 2 bridgehead atoms. The molecule has 0 aromatic rings. The molecule has 0 heterocycles. The van der Waals surface area contributed by atoms with Crippen LogP contribution in [0.3, 0.4) is 0 Å². The minimum atomic E-state index is -3.78. The summed E-state index contributed by atoms with van der Waals surface area (Å²) < 4.78 is 30.3. The zero-order chi connectivity index (χ0) is 8.06. The van der Waals surface area contributed by atoms with Gasteiger partial charge in [-0.3, -0.25) is 4.55 Å². The number of hydrogen-bond donors (Lipinski definition) is 1. The lowest BCUT2D eigenvalue weighted by Gasteiger charge is -2.13. The Morgan fingerprint density at radius 3 is 2.27 bits per heavy atom. The zero-order valence-electron chi connectivity index (χ0n) is 5.97. The van der Waals surface area contributed by atoms with Crippen LogP contribution in [0.25, 0.3) is 0 Å². The van der Waals surface area contributed by atoms with Crippen LogP contribution in [0.4, 0.5) is 0 Å². The third-order valence-corrected chi connectivity index (χ3v) is 3.91. The summed E-state index contributed by atoms with van der Waals surface area (Å²) >= 11 is 0. The highest BCUT2D eigenvalue weighted by Gasteiger charge is 2.42. The van der Waals surface area contributed by atoms with Gasteiger partial charge in [0, 0.05) is 0 Å². The molecule has 62 valence electrons. The van der Waals surface area contributed by atoms with Crippen molar-refractivity contribution in [3.63, 3.8) is 0 Å². The van der Waals surface area contributed by atoms with Gasteiger partial charge in [-0.25, -0.2) is 0 Å². The number of allylic oxidation sites excluding steroid dienone is 2. The number of fused-ring (bicyclic) bond motifs is 2. The fourth-order valence-electron chi connectivity index (χ4n) is 2.07. The third kappa shape index (κ3) is 1.10. The lowest BCUT2D eigenvalue weighted by atomic mass is 10.1. The van der Waals surface area contributed by atoms with Gasteiger partial charge in [0.15, 0.2) is 0 Å². The van der Waals surface area contributed by atoms with Gasteiger partial charge in [-0.05, 0) is 24.7 Å². The molecule has 1 saturated carbocycles. The molecule has 0 aromatic heterocycles. The molecule has 0 spiro atoms. The van der Waals surface area contributed by atoms with Crippen LogP contribution < -0.4 is 0 Å². The normalized spacial score (nSPS) is 41.7. The molecular formula is C7H10O3S. The average Bonchev–Trinajstić information content (AvgIpc) is 2.42. The van der Waals surface area contributed by atoms with Gasteiger partial charge in [-0.2, -0.15) is 8.42 Å². The van der Waals surface area contributed by atoms with E-state index in [1.165, 1.54) is 0 Å². The molecule has 0 radical (unpaired) electrons. The highest BCUT2D eigenvalue weighted by Crippen LogP contribution is 2.41. The maximum Gasteiger partial charge on any atom is 0.268 e. The molecule has 0 aromatic carbocycles. The van der Waals surface area contributed by atoms with Crippen LogP contribution in [0.2, 0.25) is 0 Å². The third-order valence-electron chi connectivity index (χ3n) is 2.60. The van der Waals surface area contributed by atoms with E-state index in [1.54, 1.807) is 0 Å². The van der Waals surface area contributed by atoms with Gasteiger partial charge < -0.3 is 0 Å². The second-order valence-electron chi connectivity index (χ2n) is 3.33. The van der Waals surface area contributed by atoms with E-state index in [1.807, 2.05) is 12.2 Å². The Hall–Kier alpha value is -0.350. The molecule has 4 heteroatoms. The Morgan fingerprint density at radius 2 is 2.00 bits per heavy atom. The molecule has 0 amide bonds. The standard InChI is InChI=1S/C7H10O3S/c8-11(9,10)7-4-5-1-2-6(7)3-5/h1-2,5-7H,3-4H2,(H,8,9,10)/t5-,6+,7-/m0/s1. The molecule has 2 rings (SSSR count). The van der Waals surface area contributed by atoms with Crippen LogP contribution in [0, 0.1) is 11.8 Å². The first-order valence-electron chi connectivity index (χ1n) is 3.72. The van der Waals surface area contributed by atoms with Gasteiger partial charge in [0.25, 0.3) is 10.1 Å². The Morgan fingerprint density at radius 1 is 1.27 bits per heavy atom. The van der Waals surface area contributed by atoms with E-state index >= 15 is 0 Å². The van der Waals surface area contributed by atoms with E-state index in [2.05, 4.69) is 0 Å². The minimum Gasteiger partial charge on any atom is -0.285 e. The van der Waals surface area contributed by atoms with E-state index in [-0.39, 0.29) is 5.92 Å². The molecule has 1 N–H and O–H groups in total. The number of hydrogen-bond acceptors (Lipinski definition) is 2. The van der Waals surface area contributed by atoms with Crippen molar-refractivity contribution in [3.8, 4) is 0 Å². The predicted molar refractivity (Wildman–Crippen MR) is 40.7 cm³/mol. The molecule has 0 unspecified atom stereocenters. The quantitative estimate of drug-likeness (QED) is 0.473. The van der Waals surface area contributed by atoms with Gasteiger partial charge >= 0.3 is 0 Å². The summed E-state index contributed by atoms with van der Waals surface area (Å²) in [6.07, 6.45) is 5.48. The molecule has 2 aliphatic carbocycles. The van der Waals surface area contributed by atoms with Gasteiger partial charge in [0.05, 0.1) is 5.25 Å². The van der Waals surface area contributed by atoms with Crippen molar-refractivity contribution in [1.82, 2.24) is 0 Å². The summed E-state index contributed by atoms with van der Waals surface area (Å²) in [5.74, 6) is 0.474. The number of rotatable bonds is 1. The fourth-order valence-corrected chi connectivity index (χ4v) is 3.21. The molecule has 1 fully saturated rings. The molecular weight excluding hydrogens is 164 g/mol. The second kappa shape index (κ2) is 2.08. The predicted octanol–water partition coefficient (Wildman–Crippen LogP) is 0.839. The van der Waals surface area contributed by atoms with Crippen molar-refractivity contribution in [2.75, 3.05) is 0 Å². The van der Waals surface area contributed by atoms with Crippen LogP contribution in [0.15, 0.2) is 12.2 Å². The smallest absolute Gasteiger partial charge is 0.268 e. The molecule has 2 aliphatic rings. The van der Waals surface area contributed by atoms with Gasteiger partial charge in [-0.1, -0.05) is 12.2 Å². The molecule has 0 aliphatic heterocycles. The molecule has 3 nitrogen and oxygen atoms in total. The van der Waals surface area contributed by atoms with Crippen molar-refractivity contribution in [1.29, 1.82) is 0 Å². The van der Waals surface area contributed by atoms with Crippen LogP contribution in [0.1, 0.15) is 12.8 Å². The van der Waals surface area contributed by atoms with Gasteiger partial charge in [0.2, 0.25) is 0 Å². The summed E-state index contributed by atoms with van der Waals surface area (Å²) in [6, 6.07) is 0. The SMILES string of the molecule is O=S(=O)(O)[C@H]1C[C@H]2C=C[C@@H]1C2. The van der Waals surface area contributed by atoms with E-state index in [9.17, 15) is 8.42 Å². The van der Waals surface area contributed by atoms with E-state index < -0.39 is 15.4 Å². The topological polar surface area (TPSA) is 54.4 Å². The highest BCUT2D eigenvalue weighted by atomic mass is 32.2. The molecule has 3 atom stereocenters. The molecule has 11 heavy (non-hydrogen) atoms. The Bertz CT molecular complexity index is 291. The maximum atomic E-state index is 10.7. The van der Waals surface area contributed by atoms with Crippen LogP contribution >= 0.6 is 0 Å². The van der Waals surface area contributed by atoms with E-state index in [0.717, 1.165) is 6.42 Å². The van der Waals surface area contributed by atoms with Crippen LogP contribution in [-0.2, 0) is 10.1 Å². The van der Waals surface area contributed by atoms with Crippen LogP contribution in [0.5, 0.6) is 0 Å². The van der Waals surface area contributed by atoms with E-state index in [4.69, 9.17) is 4.55 Å². The fraction of sp³-hybridized carbons (Fsp3) is 0.714. The summed E-state index contributed by atoms with van der Waals surface area (Å²) in [6.45, 7) is 0. The Balaban J connectivity index is 2.28. The van der Waals surface area contributed by atoms with Crippen LogP contribution in [-0.4, -0.2) is 18.2 Å². The summed E-state index contributed by atoms with van der Waals surface area (Å²) in [5.41, 5.74) is 0. The summed E-state index contributed by atoms with van der Waals surface area (Å²) in [7, 11) is -3.78. The summed E-state index contributed by atoms with van der Waals surface area (Å²) in [5, 5.41) is -0.516. The monoisotopic (exact) mass is 174 g/mol. The largest absolute Gasteiger partial charge is 0.285 e. The maximum absolute atomic E-state index is 10.7. The lowest BCUT2D eigenvalue weighted by Crippen LogP contribution is -2.24. The first-order chi connectivity index (χ1) is 5.07. The van der Waals surface area contributed by atoms with Gasteiger partial charge in [-0.15, -0.1) is 0 Å². The summed E-state index contributed by atoms with van der Waals surface area (Å²) in [4.78, 5) is 0. The van der Waals surface area contributed by atoms with Crippen molar-refractivity contribution < 1.29 is 13.0 Å². The van der Waals surface area contributed by atoms with Crippen molar-refractivity contribution in [2.45, 2.75) is 18.1 Å². The second-order valence-corrected chi connectivity index (χ2v) is 4.97. The van der Waals surface area contributed by atoms with Crippen molar-refractivity contribution in [2.24, 2.45) is 11.8 Å². The average molecular weight is 174 g/mol. The minimum absolute atomic E-state index is 0.0787. The van der Waals surface area contributed by atoms with Crippen molar-refractivity contribution in [3.05, 3.63) is 12.2 Å².